The number of nitrogens with one attached hydrogen (secondary N) is 2. The zero-order valence-corrected chi connectivity index (χ0v) is 22.6. The van der Waals surface area contributed by atoms with Gasteiger partial charge in [-0.15, -0.1) is 0 Å². The number of carbonyl (C=O) groups excluding carboxylic acids is 1. The number of rotatable bonds is 8. The number of amides is 1. The molecule has 0 aliphatic carbocycles. The summed E-state index contributed by atoms with van der Waals surface area (Å²) in [7, 11) is -7.47. The summed E-state index contributed by atoms with van der Waals surface area (Å²) in [6.45, 7) is 3.84. The Kier molecular flexibility index (Phi) is 6.62. The summed E-state index contributed by atoms with van der Waals surface area (Å²) in [5, 5.41) is 4.32. The molecule has 2 N–H and O–H groups in total. The molecule has 0 unspecified atom stereocenters. The van der Waals surface area contributed by atoms with E-state index in [1.165, 1.54) is 28.6 Å². The highest BCUT2D eigenvalue weighted by Crippen LogP contribution is 2.42. The largest absolute Gasteiger partial charge is 0.326 e. The van der Waals surface area contributed by atoms with Crippen LogP contribution in [0.5, 0.6) is 0 Å². The molecule has 0 saturated heterocycles. The van der Waals surface area contributed by atoms with Gasteiger partial charge in [0.1, 0.15) is 0 Å². The highest BCUT2D eigenvalue weighted by molar-refractivity contribution is 7.93. The van der Waals surface area contributed by atoms with Crippen LogP contribution < -0.4 is 14.3 Å². The van der Waals surface area contributed by atoms with Crippen molar-refractivity contribution in [2.45, 2.75) is 36.5 Å². The molecule has 1 heterocycles. The number of benzene rings is 4. The number of nitrogens with zero attached hydrogens (tertiary/aromatic N) is 1. The van der Waals surface area contributed by atoms with Crippen molar-refractivity contribution in [2.75, 3.05) is 20.9 Å². The van der Waals surface area contributed by atoms with Gasteiger partial charge >= 0.3 is 0 Å². The summed E-state index contributed by atoms with van der Waals surface area (Å²) < 4.78 is 55.8. The molecule has 38 heavy (non-hydrogen) atoms. The first-order chi connectivity index (χ1) is 18.1. The molecular formula is C28H27N3O5S2. The van der Waals surface area contributed by atoms with Gasteiger partial charge in [-0.25, -0.2) is 16.8 Å². The van der Waals surface area contributed by atoms with E-state index in [1.807, 2.05) is 50.2 Å². The van der Waals surface area contributed by atoms with Crippen molar-refractivity contribution in [3.63, 3.8) is 0 Å². The van der Waals surface area contributed by atoms with Gasteiger partial charge in [0.25, 0.3) is 20.0 Å². The van der Waals surface area contributed by atoms with E-state index in [1.54, 1.807) is 18.2 Å². The fourth-order valence-corrected chi connectivity index (χ4v) is 7.64. The Bertz CT molecular complexity index is 1740. The Hall–Kier alpha value is -3.89. The molecular weight excluding hydrogens is 522 g/mol. The lowest BCUT2D eigenvalue weighted by atomic mass is 10.1. The van der Waals surface area contributed by atoms with Gasteiger partial charge in [-0.2, -0.15) is 0 Å². The minimum atomic E-state index is -3.80. The molecule has 1 amide bonds. The van der Waals surface area contributed by atoms with E-state index in [4.69, 9.17) is 0 Å². The van der Waals surface area contributed by atoms with Crippen LogP contribution in [0.3, 0.4) is 0 Å². The summed E-state index contributed by atoms with van der Waals surface area (Å²) in [4.78, 5) is 12.9. The average Bonchev–Trinajstić information content (AvgIpc) is 3.10. The smallest absolute Gasteiger partial charge is 0.265 e. The van der Waals surface area contributed by atoms with Gasteiger partial charge in [-0.3, -0.25) is 13.8 Å². The first-order valence-corrected chi connectivity index (χ1v) is 15.0. The molecule has 1 aliphatic heterocycles. The molecule has 1 aliphatic rings. The first-order valence-electron chi connectivity index (χ1n) is 12.1. The highest BCUT2D eigenvalue weighted by Gasteiger charge is 2.35. The highest BCUT2D eigenvalue weighted by atomic mass is 32.2. The van der Waals surface area contributed by atoms with E-state index in [0.717, 1.165) is 16.5 Å². The van der Waals surface area contributed by atoms with Crippen LogP contribution in [-0.4, -0.2) is 29.3 Å². The molecule has 196 valence electrons. The van der Waals surface area contributed by atoms with E-state index in [9.17, 15) is 21.6 Å². The van der Waals surface area contributed by atoms with E-state index in [-0.39, 0.29) is 28.7 Å². The maximum Gasteiger partial charge on any atom is 0.265 e. The van der Waals surface area contributed by atoms with Gasteiger partial charge in [0.2, 0.25) is 5.91 Å². The van der Waals surface area contributed by atoms with Crippen molar-refractivity contribution in [3.8, 4) is 0 Å². The lowest BCUT2D eigenvalue weighted by molar-refractivity contribution is -0.116. The second kappa shape index (κ2) is 9.77. The average molecular weight is 550 g/mol. The lowest BCUT2D eigenvalue weighted by Crippen LogP contribution is -2.28. The van der Waals surface area contributed by atoms with Crippen LogP contribution in [0.25, 0.3) is 10.8 Å². The summed E-state index contributed by atoms with van der Waals surface area (Å²) >= 11 is 0. The Labute approximate surface area is 222 Å². The summed E-state index contributed by atoms with van der Waals surface area (Å²) in [6, 6.07) is 22.1. The Balaban J connectivity index is 1.20. The van der Waals surface area contributed by atoms with E-state index in [0.29, 0.717) is 28.9 Å². The molecule has 8 nitrogen and oxygen atoms in total. The second-order valence-corrected chi connectivity index (χ2v) is 12.8. The maximum absolute atomic E-state index is 13.1. The molecule has 0 fully saturated rings. The monoisotopic (exact) mass is 549 g/mol. The quantitative estimate of drug-likeness (QED) is 0.314. The van der Waals surface area contributed by atoms with Crippen LogP contribution in [0, 0.1) is 13.8 Å². The van der Waals surface area contributed by atoms with Crippen LogP contribution in [0.2, 0.25) is 0 Å². The predicted molar refractivity (Wildman–Crippen MR) is 150 cm³/mol. The fraction of sp³-hybridized carbons (Fsp3) is 0.179. The van der Waals surface area contributed by atoms with E-state index in [2.05, 4.69) is 10.0 Å². The Morgan fingerprint density at radius 3 is 2.18 bits per heavy atom. The predicted octanol–water partition coefficient (Wildman–Crippen LogP) is 5.19. The van der Waals surface area contributed by atoms with Gasteiger partial charge < -0.3 is 5.32 Å². The van der Waals surface area contributed by atoms with Gasteiger partial charge in [-0.05, 0) is 73.2 Å². The zero-order chi connectivity index (χ0) is 27.1. The third kappa shape index (κ3) is 4.72. The molecule has 0 spiro atoms. The Morgan fingerprint density at radius 2 is 1.50 bits per heavy atom. The van der Waals surface area contributed by atoms with Crippen molar-refractivity contribution in [1.29, 1.82) is 0 Å². The van der Waals surface area contributed by atoms with Crippen LogP contribution in [0.4, 0.5) is 17.1 Å². The first kappa shape index (κ1) is 25.7. The third-order valence-corrected chi connectivity index (χ3v) is 9.83. The molecule has 0 bridgehead atoms. The van der Waals surface area contributed by atoms with Crippen molar-refractivity contribution in [3.05, 3.63) is 90.0 Å². The normalized spacial score (nSPS) is 14.0. The van der Waals surface area contributed by atoms with Gasteiger partial charge in [0.15, 0.2) is 0 Å². The zero-order valence-electron chi connectivity index (χ0n) is 20.9. The maximum atomic E-state index is 13.1. The van der Waals surface area contributed by atoms with E-state index >= 15 is 0 Å². The van der Waals surface area contributed by atoms with Crippen molar-refractivity contribution in [2.24, 2.45) is 0 Å². The molecule has 4 aromatic carbocycles. The lowest BCUT2D eigenvalue weighted by Gasteiger charge is -2.18. The number of carbonyl (C=O) groups is 1. The molecule has 5 rings (SSSR count). The van der Waals surface area contributed by atoms with Crippen LogP contribution in [0.15, 0.2) is 88.7 Å². The molecule has 0 atom stereocenters. The minimum absolute atomic E-state index is 0.0751. The number of hydrogen-bond donors (Lipinski definition) is 2. The number of para-hydroxylation sites is 1. The number of hydrogen-bond acceptors (Lipinski definition) is 5. The van der Waals surface area contributed by atoms with Gasteiger partial charge in [0.05, 0.1) is 21.2 Å². The topological polar surface area (TPSA) is 113 Å². The van der Waals surface area contributed by atoms with Crippen molar-refractivity contribution in [1.82, 2.24) is 0 Å². The Morgan fingerprint density at radius 1 is 0.868 bits per heavy atom. The number of sulfonamides is 2. The van der Waals surface area contributed by atoms with Crippen LogP contribution in [-0.2, 0) is 24.8 Å². The van der Waals surface area contributed by atoms with E-state index < -0.39 is 20.0 Å². The van der Waals surface area contributed by atoms with Gasteiger partial charge in [0, 0.05) is 24.0 Å². The summed E-state index contributed by atoms with van der Waals surface area (Å²) in [6.07, 6.45) is 0.425. The minimum Gasteiger partial charge on any atom is -0.326 e. The van der Waals surface area contributed by atoms with Gasteiger partial charge in [-0.1, -0.05) is 42.5 Å². The molecule has 0 saturated carbocycles. The fourth-order valence-electron chi connectivity index (χ4n) is 4.69. The second-order valence-electron chi connectivity index (χ2n) is 9.26. The van der Waals surface area contributed by atoms with Crippen LogP contribution in [0.1, 0.15) is 24.0 Å². The summed E-state index contributed by atoms with van der Waals surface area (Å²) in [5.41, 5.74) is 3.26. The van der Waals surface area contributed by atoms with Crippen LogP contribution >= 0.6 is 0 Å². The van der Waals surface area contributed by atoms with Crippen molar-refractivity contribution < 1.29 is 21.6 Å². The number of anilines is 3. The third-order valence-electron chi connectivity index (χ3n) is 6.61. The standard InChI is InChI=1S/C28H27N3O5S2/c1-19-7-3-8-20(2)28(19)30-37(33,34)23-16-14-22(15-17-23)29-26(32)13-6-18-31-24-11-4-9-21-10-5-12-25(27(21)24)38(31,35)36/h3-5,7-12,14-17,30H,6,13,18H2,1-2H3,(H,29,32). The SMILES string of the molecule is Cc1cccc(C)c1NS(=O)(=O)c1ccc(NC(=O)CCCN2c3cccc4cccc(c34)S2(=O)=O)cc1. The number of aryl methyl sites for hydroxylation is 2. The molecule has 0 radical (unpaired) electrons. The molecule has 10 heteroatoms. The molecule has 0 aromatic heterocycles. The summed E-state index contributed by atoms with van der Waals surface area (Å²) in [5.74, 6) is -0.290. The molecule has 4 aromatic rings. The van der Waals surface area contributed by atoms with Crippen molar-refractivity contribution >= 4 is 53.8 Å².